The summed E-state index contributed by atoms with van der Waals surface area (Å²) in [5.74, 6) is 0. The van der Waals surface area contributed by atoms with Crippen LogP contribution < -0.4 is 25.5 Å². The first kappa shape index (κ1) is 53.9. The van der Waals surface area contributed by atoms with Crippen LogP contribution in [-0.2, 0) is 46.1 Å². The second kappa shape index (κ2) is 67.8. The van der Waals surface area contributed by atoms with E-state index in [0.717, 1.165) is 97.2 Å². The molecule has 0 aromatic rings. The Labute approximate surface area is 269 Å². The zero-order chi connectivity index (χ0) is 31.2. The second-order valence-corrected chi connectivity index (χ2v) is 8.35. The van der Waals surface area contributed by atoms with Gasteiger partial charge in [0.2, 0.25) is 0 Å². The first-order valence-electron chi connectivity index (χ1n) is 15.4. The molecule has 0 rings (SSSR count). The van der Waals surface area contributed by atoms with Crippen LogP contribution in [0, 0.1) is 0 Å². The quantitative estimate of drug-likeness (QED) is 0.122. The van der Waals surface area contributed by atoms with Gasteiger partial charge in [-0.2, -0.15) is 0 Å². The zero-order valence-corrected chi connectivity index (χ0v) is 30.4. The number of rotatable bonds is 25. The van der Waals surface area contributed by atoms with Crippen molar-refractivity contribution in [2.75, 3.05) is 99.1 Å². The van der Waals surface area contributed by atoms with E-state index in [0.29, 0.717) is 33.0 Å². The van der Waals surface area contributed by atoms with Crippen LogP contribution in [0.1, 0.15) is 98.8 Å². The molecule has 0 bridgehead atoms. The fourth-order valence-electron chi connectivity index (χ4n) is 2.04. The Hall–Kier alpha value is 0.340. The molecule has 0 radical (unpaired) electrons. The average Bonchev–Trinajstić information content (AvgIpc) is 2.98. The molecular weight excluding hydrogens is 701 g/mol. The maximum absolute atomic E-state index is 9.77. The minimum atomic E-state index is -0.107. The molecule has 0 N–H and O–H groups in total. The van der Waals surface area contributed by atoms with Crippen LogP contribution in [0.2, 0.25) is 0 Å². The van der Waals surface area contributed by atoms with E-state index in [-0.39, 0.29) is 55.4 Å². The monoisotopic (exact) mass is 766 g/mol. The molecule has 0 spiro atoms. The number of hydrogen-bond acceptors (Lipinski definition) is 10. The third-order valence-electron chi connectivity index (χ3n) is 4.35. The van der Waals surface area contributed by atoms with Crippen LogP contribution in [0.15, 0.2) is 0 Å². The summed E-state index contributed by atoms with van der Waals surface area (Å²) in [5, 5.41) is 48.8. The van der Waals surface area contributed by atoms with Crippen molar-refractivity contribution < 1.29 is 71.6 Å². The van der Waals surface area contributed by atoms with Crippen LogP contribution >= 0.6 is 0 Å². The topological polar surface area (TPSA) is 161 Å². The summed E-state index contributed by atoms with van der Waals surface area (Å²) in [6.45, 7) is 15.6. The molecule has 250 valence electrons. The maximum Gasteiger partial charge on any atom is 5.00 e. The molecule has 0 aliphatic carbocycles. The van der Waals surface area contributed by atoms with Crippen molar-refractivity contribution in [1.29, 1.82) is 0 Å². The molecule has 0 aliphatic rings. The molecular formula is C30H65O10Ta. The summed E-state index contributed by atoms with van der Waals surface area (Å²) in [6, 6.07) is 0. The third-order valence-corrected chi connectivity index (χ3v) is 4.35. The normalized spacial score (nSPS) is 9.51. The van der Waals surface area contributed by atoms with Crippen molar-refractivity contribution >= 4 is 0 Å². The smallest absolute Gasteiger partial charge is 0.853 e. The molecule has 0 heterocycles. The van der Waals surface area contributed by atoms with E-state index in [4.69, 9.17) is 23.7 Å². The van der Waals surface area contributed by atoms with Crippen LogP contribution in [-0.4, -0.2) is 99.1 Å². The fraction of sp³-hybridized carbons (Fsp3) is 1.00. The summed E-state index contributed by atoms with van der Waals surface area (Å²) in [4.78, 5) is 0. The SMILES string of the molecule is CCCCOCC[O-].CCCCOCC[O-].CCCCOCC[O-].CCCCOCC[O-].CCCCOCC[O-].[Ta+5]. The second-order valence-electron chi connectivity index (χ2n) is 8.35. The Morgan fingerprint density at radius 1 is 0.293 bits per heavy atom. The largest absolute Gasteiger partial charge is 5.00 e. The summed E-state index contributed by atoms with van der Waals surface area (Å²) in [6.07, 6.45) is 11.0. The van der Waals surface area contributed by atoms with Crippen LogP contribution in [0.3, 0.4) is 0 Å². The van der Waals surface area contributed by atoms with E-state index >= 15 is 0 Å². The molecule has 10 nitrogen and oxygen atoms in total. The van der Waals surface area contributed by atoms with Crippen molar-refractivity contribution in [3.63, 3.8) is 0 Å². The number of ether oxygens (including phenoxy) is 5. The molecule has 0 amide bonds. The standard InChI is InChI=1S/5C6H13O2.Ta/c5*1-2-3-5-8-6-4-7;/h5*2-6H2,1H3;/q5*-1;+5. The Balaban J connectivity index is -0.0000000928. The van der Waals surface area contributed by atoms with Gasteiger partial charge in [-0.25, -0.2) is 0 Å². The van der Waals surface area contributed by atoms with E-state index < -0.39 is 0 Å². The molecule has 11 heteroatoms. The van der Waals surface area contributed by atoms with Gasteiger partial charge in [0.15, 0.2) is 0 Å². The van der Waals surface area contributed by atoms with Gasteiger partial charge >= 0.3 is 22.4 Å². The van der Waals surface area contributed by atoms with Crippen molar-refractivity contribution in [3.8, 4) is 0 Å². The van der Waals surface area contributed by atoms with Crippen molar-refractivity contribution in [2.24, 2.45) is 0 Å². The van der Waals surface area contributed by atoms with Gasteiger partial charge in [-0.1, -0.05) is 66.7 Å². The minimum Gasteiger partial charge on any atom is -0.853 e. The molecule has 0 aromatic heterocycles. The van der Waals surface area contributed by atoms with Gasteiger partial charge in [0.1, 0.15) is 0 Å². The van der Waals surface area contributed by atoms with Crippen molar-refractivity contribution in [2.45, 2.75) is 98.8 Å². The molecule has 41 heavy (non-hydrogen) atoms. The van der Waals surface area contributed by atoms with Gasteiger partial charge in [0.25, 0.3) is 0 Å². The Kier molecular flexibility index (Phi) is 89.1. The van der Waals surface area contributed by atoms with Gasteiger partial charge in [0, 0.05) is 66.1 Å². The minimum absolute atomic E-state index is 0. The van der Waals surface area contributed by atoms with Gasteiger partial charge in [-0.15, -0.1) is 33.0 Å². The Morgan fingerprint density at radius 2 is 0.439 bits per heavy atom. The molecule has 0 unspecified atom stereocenters. The Bertz CT molecular complexity index is 234. The van der Waals surface area contributed by atoms with E-state index in [9.17, 15) is 25.5 Å². The van der Waals surface area contributed by atoms with Gasteiger partial charge in [-0.05, 0) is 32.1 Å². The first-order valence-corrected chi connectivity index (χ1v) is 15.4. The fourth-order valence-corrected chi connectivity index (χ4v) is 2.04. The van der Waals surface area contributed by atoms with Crippen molar-refractivity contribution in [1.82, 2.24) is 0 Å². The molecule has 0 atom stereocenters. The van der Waals surface area contributed by atoms with Crippen LogP contribution in [0.25, 0.3) is 0 Å². The van der Waals surface area contributed by atoms with E-state index in [1.54, 1.807) is 0 Å². The third kappa shape index (κ3) is 92.3. The van der Waals surface area contributed by atoms with Crippen LogP contribution in [0.5, 0.6) is 0 Å². The molecule has 0 aromatic carbocycles. The van der Waals surface area contributed by atoms with Gasteiger partial charge in [0.05, 0.1) is 0 Å². The summed E-state index contributed by atoms with van der Waals surface area (Å²) in [5.41, 5.74) is 0. The first-order chi connectivity index (χ1) is 19.6. The van der Waals surface area contributed by atoms with E-state index in [1.807, 2.05) is 0 Å². The molecule has 0 saturated heterocycles. The number of hydrogen-bond donors (Lipinski definition) is 0. The van der Waals surface area contributed by atoms with Crippen LogP contribution in [0.4, 0.5) is 0 Å². The summed E-state index contributed by atoms with van der Waals surface area (Å²) >= 11 is 0. The predicted molar refractivity (Wildman–Crippen MR) is 153 cm³/mol. The Morgan fingerprint density at radius 3 is 0.537 bits per heavy atom. The molecule has 0 fully saturated rings. The average molecular weight is 767 g/mol. The zero-order valence-electron chi connectivity index (χ0n) is 27.2. The van der Waals surface area contributed by atoms with Gasteiger partial charge < -0.3 is 49.2 Å². The molecule has 0 aliphatic heterocycles. The van der Waals surface area contributed by atoms with E-state index in [2.05, 4.69) is 34.6 Å². The maximum atomic E-state index is 9.77. The van der Waals surface area contributed by atoms with Crippen molar-refractivity contribution in [3.05, 3.63) is 0 Å². The van der Waals surface area contributed by atoms with Gasteiger partial charge in [-0.3, -0.25) is 0 Å². The predicted octanol–water partition coefficient (Wildman–Crippen LogP) is 0.815. The molecule has 0 saturated carbocycles. The summed E-state index contributed by atoms with van der Waals surface area (Å²) in [7, 11) is 0. The summed E-state index contributed by atoms with van der Waals surface area (Å²) < 4.78 is 24.6. The number of unbranched alkanes of at least 4 members (excludes halogenated alkanes) is 5. The van der Waals surface area contributed by atoms with E-state index in [1.165, 1.54) is 0 Å².